The predicted molar refractivity (Wildman–Crippen MR) is 76.2 cm³/mol. The first-order valence-electron chi connectivity index (χ1n) is 6.35. The first-order chi connectivity index (χ1) is 9.53. The average Bonchev–Trinajstić information content (AvgIpc) is 2.44. The predicted octanol–water partition coefficient (Wildman–Crippen LogP) is 0.923. The topological polar surface area (TPSA) is 82.8 Å². The fourth-order valence-corrected chi connectivity index (χ4v) is 1.67. The lowest BCUT2D eigenvalue weighted by Crippen LogP contribution is -2.26. The van der Waals surface area contributed by atoms with Gasteiger partial charge < -0.3 is 25.3 Å². The molecule has 0 aliphatic rings. The lowest BCUT2D eigenvalue weighted by molar-refractivity contribution is -0.122. The number of rotatable bonds is 8. The Labute approximate surface area is 119 Å². The number of hydrogen-bond donors (Lipinski definition) is 2. The molecule has 1 aromatic carbocycles. The Morgan fingerprint density at radius 1 is 1.30 bits per heavy atom. The Balaban J connectivity index is 3.00. The fraction of sp³-hybridized carbons (Fsp3) is 0.500. The molecule has 0 heterocycles. The van der Waals surface area contributed by atoms with Crippen molar-refractivity contribution in [3.8, 4) is 17.2 Å². The number of benzene rings is 1. The maximum Gasteiger partial charge on any atom is 0.223 e. The van der Waals surface area contributed by atoms with Gasteiger partial charge in [0.2, 0.25) is 11.7 Å². The van der Waals surface area contributed by atoms with Crippen molar-refractivity contribution in [3.05, 3.63) is 17.7 Å². The Morgan fingerprint density at radius 3 is 2.25 bits per heavy atom. The zero-order valence-electron chi connectivity index (χ0n) is 12.4. The number of nitrogens with two attached hydrogens (primary N) is 1. The highest BCUT2D eigenvalue weighted by molar-refractivity contribution is 5.76. The van der Waals surface area contributed by atoms with E-state index in [0.717, 1.165) is 5.56 Å². The molecule has 6 heteroatoms. The number of carbonyl (C=O) groups excluding carboxylic acids is 1. The van der Waals surface area contributed by atoms with Gasteiger partial charge in [0.15, 0.2) is 11.5 Å². The van der Waals surface area contributed by atoms with Crippen LogP contribution in [-0.2, 0) is 11.3 Å². The molecule has 0 spiro atoms. The van der Waals surface area contributed by atoms with Crippen LogP contribution < -0.4 is 25.3 Å². The van der Waals surface area contributed by atoms with Crippen molar-refractivity contribution in [2.24, 2.45) is 11.7 Å². The number of hydrogen-bond acceptors (Lipinski definition) is 5. The largest absolute Gasteiger partial charge is 0.493 e. The van der Waals surface area contributed by atoms with Crippen LogP contribution in [0.4, 0.5) is 0 Å². The molecular formula is C14H22N2O4. The van der Waals surface area contributed by atoms with Gasteiger partial charge in [0.05, 0.1) is 26.7 Å². The first kappa shape index (κ1) is 16.1. The molecule has 1 rings (SSSR count). The van der Waals surface area contributed by atoms with Crippen molar-refractivity contribution < 1.29 is 19.0 Å². The molecule has 1 unspecified atom stereocenters. The minimum atomic E-state index is -0.408. The monoisotopic (exact) mass is 282 g/mol. The fourth-order valence-electron chi connectivity index (χ4n) is 1.67. The Morgan fingerprint density at radius 2 is 1.85 bits per heavy atom. The average molecular weight is 282 g/mol. The van der Waals surface area contributed by atoms with Crippen molar-refractivity contribution in [3.63, 3.8) is 0 Å². The third kappa shape index (κ3) is 4.03. The summed E-state index contributed by atoms with van der Waals surface area (Å²) >= 11 is 0. The van der Waals surface area contributed by atoms with E-state index >= 15 is 0 Å². The molecule has 0 aliphatic heterocycles. The second-order valence-electron chi connectivity index (χ2n) is 4.47. The van der Waals surface area contributed by atoms with Crippen molar-refractivity contribution in [1.29, 1.82) is 0 Å². The third-order valence-corrected chi connectivity index (χ3v) is 2.86. The lowest BCUT2D eigenvalue weighted by Gasteiger charge is -2.17. The van der Waals surface area contributed by atoms with Crippen LogP contribution in [0.1, 0.15) is 12.5 Å². The molecular weight excluding hydrogens is 260 g/mol. The maximum absolute atomic E-state index is 11.0. The maximum atomic E-state index is 11.0. The summed E-state index contributed by atoms with van der Waals surface area (Å²) in [6, 6.07) is 3.73. The molecule has 0 saturated heterocycles. The van der Waals surface area contributed by atoms with E-state index in [9.17, 15) is 4.79 Å². The van der Waals surface area contributed by atoms with Gasteiger partial charge in [-0.05, 0) is 24.7 Å². The molecule has 0 saturated carbocycles. The molecule has 0 bridgehead atoms. The highest BCUT2D eigenvalue weighted by atomic mass is 16.5. The van der Waals surface area contributed by atoms with Crippen LogP contribution in [0.5, 0.6) is 17.2 Å². The third-order valence-electron chi connectivity index (χ3n) is 2.86. The molecule has 0 fully saturated rings. The van der Waals surface area contributed by atoms with Crippen molar-refractivity contribution in [1.82, 2.24) is 5.32 Å². The van der Waals surface area contributed by atoms with E-state index in [1.807, 2.05) is 19.2 Å². The summed E-state index contributed by atoms with van der Waals surface area (Å²) < 4.78 is 16.3. The van der Waals surface area contributed by atoms with Crippen molar-refractivity contribution in [2.45, 2.75) is 13.5 Å². The SMILES string of the molecule is CNCc1cc(OC)c(OCC(C)C(N)=O)c(OC)c1. The van der Waals surface area contributed by atoms with E-state index in [2.05, 4.69) is 5.32 Å². The Hall–Kier alpha value is -1.95. The van der Waals surface area contributed by atoms with Gasteiger partial charge in [-0.25, -0.2) is 0 Å². The minimum absolute atomic E-state index is 0.174. The van der Waals surface area contributed by atoms with Crippen molar-refractivity contribution >= 4 is 5.91 Å². The highest BCUT2D eigenvalue weighted by Crippen LogP contribution is 2.38. The molecule has 1 amide bonds. The number of methoxy groups -OCH3 is 2. The van der Waals surface area contributed by atoms with Gasteiger partial charge in [0, 0.05) is 6.54 Å². The Bertz CT molecular complexity index is 437. The molecule has 0 aliphatic carbocycles. The van der Waals surface area contributed by atoms with Gasteiger partial charge in [-0.1, -0.05) is 6.92 Å². The van der Waals surface area contributed by atoms with Crippen LogP contribution in [0.15, 0.2) is 12.1 Å². The highest BCUT2D eigenvalue weighted by Gasteiger charge is 2.17. The Kier molecular flexibility index (Phi) is 6.11. The van der Waals surface area contributed by atoms with Crippen LogP contribution in [-0.4, -0.2) is 33.8 Å². The minimum Gasteiger partial charge on any atom is -0.493 e. The van der Waals surface area contributed by atoms with E-state index in [-0.39, 0.29) is 12.5 Å². The molecule has 6 nitrogen and oxygen atoms in total. The smallest absolute Gasteiger partial charge is 0.223 e. The van der Waals surface area contributed by atoms with Gasteiger partial charge in [-0.15, -0.1) is 0 Å². The number of primary amides is 1. The first-order valence-corrected chi connectivity index (χ1v) is 6.35. The molecule has 20 heavy (non-hydrogen) atoms. The van der Waals surface area contributed by atoms with E-state index in [1.54, 1.807) is 21.1 Å². The number of carbonyl (C=O) groups is 1. The van der Waals surface area contributed by atoms with Gasteiger partial charge >= 0.3 is 0 Å². The number of nitrogens with one attached hydrogen (secondary N) is 1. The summed E-state index contributed by atoms with van der Waals surface area (Å²) in [4.78, 5) is 11.0. The quantitative estimate of drug-likeness (QED) is 0.741. The van der Waals surface area contributed by atoms with Crippen LogP contribution in [0, 0.1) is 5.92 Å². The molecule has 0 aromatic heterocycles. The number of ether oxygens (including phenoxy) is 3. The number of amides is 1. The zero-order chi connectivity index (χ0) is 15.1. The summed E-state index contributed by atoms with van der Waals surface area (Å²) in [6.07, 6.45) is 0. The summed E-state index contributed by atoms with van der Waals surface area (Å²) in [5, 5.41) is 3.06. The van der Waals surface area contributed by atoms with E-state index in [0.29, 0.717) is 23.8 Å². The molecule has 112 valence electrons. The molecule has 1 aromatic rings. The van der Waals surface area contributed by atoms with Crippen LogP contribution in [0.3, 0.4) is 0 Å². The lowest BCUT2D eigenvalue weighted by atomic mass is 10.1. The van der Waals surface area contributed by atoms with E-state index < -0.39 is 5.91 Å². The van der Waals surface area contributed by atoms with Gasteiger partial charge in [0.25, 0.3) is 0 Å². The molecule has 1 atom stereocenters. The van der Waals surface area contributed by atoms with Gasteiger partial charge in [0.1, 0.15) is 0 Å². The van der Waals surface area contributed by atoms with Crippen LogP contribution >= 0.6 is 0 Å². The van der Waals surface area contributed by atoms with Crippen molar-refractivity contribution in [2.75, 3.05) is 27.9 Å². The van der Waals surface area contributed by atoms with Gasteiger partial charge in [-0.2, -0.15) is 0 Å². The van der Waals surface area contributed by atoms with Crippen LogP contribution in [0.25, 0.3) is 0 Å². The molecule has 0 radical (unpaired) electrons. The standard InChI is InChI=1S/C14H22N2O4/c1-9(14(15)17)8-20-13-11(18-3)5-10(7-16-2)6-12(13)19-4/h5-6,9,16H,7-8H2,1-4H3,(H2,15,17). The second-order valence-corrected chi connectivity index (χ2v) is 4.47. The summed E-state index contributed by atoms with van der Waals surface area (Å²) in [7, 11) is 4.97. The molecule has 3 N–H and O–H groups in total. The summed E-state index contributed by atoms with van der Waals surface area (Å²) in [6.45, 7) is 2.56. The second kappa shape index (κ2) is 7.59. The van der Waals surface area contributed by atoms with Gasteiger partial charge in [-0.3, -0.25) is 4.79 Å². The van der Waals surface area contributed by atoms with E-state index in [4.69, 9.17) is 19.9 Å². The van der Waals surface area contributed by atoms with E-state index in [1.165, 1.54) is 0 Å². The normalized spacial score (nSPS) is 11.8. The summed E-state index contributed by atoms with van der Waals surface area (Å²) in [5.41, 5.74) is 6.23. The van der Waals surface area contributed by atoms with Crippen LogP contribution in [0.2, 0.25) is 0 Å². The summed E-state index contributed by atoms with van der Waals surface area (Å²) in [5.74, 6) is 0.802. The zero-order valence-corrected chi connectivity index (χ0v) is 12.4.